The predicted octanol–water partition coefficient (Wildman–Crippen LogP) is 2.78. The van der Waals surface area contributed by atoms with Crippen LogP contribution < -0.4 is 4.72 Å². The molecule has 2 unspecified atom stereocenters. The van der Waals surface area contributed by atoms with E-state index in [-0.39, 0.29) is 11.8 Å². The van der Waals surface area contributed by atoms with Crippen molar-refractivity contribution in [1.29, 1.82) is 0 Å². The van der Waals surface area contributed by atoms with Gasteiger partial charge in [-0.1, -0.05) is 54.5 Å². The van der Waals surface area contributed by atoms with Crippen molar-refractivity contribution in [3.8, 4) is 17.3 Å². The Hall–Kier alpha value is -2.57. The van der Waals surface area contributed by atoms with Crippen LogP contribution in [0.1, 0.15) is 24.0 Å². The molecule has 142 valence electrons. The van der Waals surface area contributed by atoms with Gasteiger partial charge in [-0.15, -0.1) is 11.1 Å². The number of terminal acetylenes is 1. The van der Waals surface area contributed by atoms with Crippen molar-refractivity contribution in [1.82, 2.24) is 14.5 Å². The van der Waals surface area contributed by atoms with E-state index in [4.69, 9.17) is 6.42 Å². The van der Waals surface area contributed by atoms with Crippen LogP contribution in [-0.4, -0.2) is 30.9 Å². The smallest absolute Gasteiger partial charge is 0.329 e. The second-order valence-corrected chi connectivity index (χ2v) is 9.13. The molecule has 28 heavy (non-hydrogen) atoms. The highest BCUT2D eigenvalue weighted by Crippen LogP contribution is 2.58. The van der Waals surface area contributed by atoms with Gasteiger partial charge >= 0.3 is 5.97 Å². The van der Waals surface area contributed by atoms with Gasteiger partial charge in [-0.2, -0.15) is 5.10 Å². The fourth-order valence-electron chi connectivity index (χ4n) is 3.56. The van der Waals surface area contributed by atoms with Crippen LogP contribution in [-0.2, 0) is 16.2 Å². The third kappa shape index (κ3) is 3.02. The summed E-state index contributed by atoms with van der Waals surface area (Å²) in [4.78, 5) is 12.1. The molecule has 0 spiro atoms. The highest BCUT2D eigenvalue weighted by molar-refractivity contribution is 7.91. The molecule has 0 radical (unpaired) electrons. The van der Waals surface area contributed by atoms with Gasteiger partial charge in [0.1, 0.15) is 5.00 Å². The van der Waals surface area contributed by atoms with E-state index in [9.17, 15) is 14.5 Å². The van der Waals surface area contributed by atoms with Gasteiger partial charge in [0.25, 0.3) is 0 Å². The van der Waals surface area contributed by atoms with E-state index in [1.54, 1.807) is 29.2 Å². The highest BCUT2D eigenvalue weighted by Gasteiger charge is 2.71. The molecule has 4 atom stereocenters. The Morgan fingerprint density at radius 2 is 2.14 bits per heavy atom. The Morgan fingerprint density at radius 3 is 2.79 bits per heavy atom. The molecule has 1 fully saturated rings. The Kier molecular flexibility index (Phi) is 4.77. The Balaban J connectivity index is 1.56. The summed E-state index contributed by atoms with van der Waals surface area (Å²) in [6.07, 6.45) is 8.64. The first-order valence-electron chi connectivity index (χ1n) is 8.57. The molecule has 8 heteroatoms. The number of nitrogens with zero attached hydrogens (tertiary/aromatic N) is 2. The number of carbonyl (C=O) groups is 1. The van der Waals surface area contributed by atoms with Crippen LogP contribution in [0.4, 0.5) is 0 Å². The molecule has 1 saturated carbocycles. The van der Waals surface area contributed by atoms with Gasteiger partial charge in [0.15, 0.2) is 5.54 Å². The van der Waals surface area contributed by atoms with Crippen molar-refractivity contribution in [2.75, 3.05) is 0 Å². The number of nitrogens with one attached hydrogen (secondary N) is 1. The van der Waals surface area contributed by atoms with Crippen LogP contribution in [0.15, 0.2) is 59.1 Å². The summed E-state index contributed by atoms with van der Waals surface area (Å²) >= 11 is -0.395. The van der Waals surface area contributed by atoms with E-state index >= 15 is 0 Å². The van der Waals surface area contributed by atoms with E-state index in [1.807, 2.05) is 37.3 Å². The van der Waals surface area contributed by atoms with Gasteiger partial charge in [0.2, 0.25) is 4.21 Å². The second kappa shape index (κ2) is 7.11. The SMILES string of the molecule is C#Cc1cnn(-c2ccc([S+]([O-])N[C@@]3(C(=O)O)C(C)[C@@H]3c3ccccc3)s2)c1. The van der Waals surface area contributed by atoms with Gasteiger partial charge < -0.3 is 9.66 Å². The molecule has 0 aliphatic heterocycles. The number of hydrogen-bond acceptors (Lipinski definition) is 5. The Labute approximate surface area is 169 Å². The first kappa shape index (κ1) is 18.8. The first-order valence-corrected chi connectivity index (χ1v) is 10.5. The van der Waals surface area contributed by atoms with Crippen LogP contribution in [0.5, 0.6) is 0 Å². The molecule has 6 nitrogen and oxygen atoms in total. The molecular weight excluding hydrogens is 394 g/mol. The normalized spacial score (nSPS) is 24.5. The van der Waals surface area contributed by atoms with E-state index in [0.29, 0.717) is 9.77 Å². The van der Waals surface area contributed by atoms with Crippen molar-refractivity contribution >= 4 is 28.7 Å². The molecule has 1 aliphatic rings. The highest BCUT2D eigenvalue weighted by atomic mass is 32.2. The van der Waals surface area contributed by atoms with E-state index in [0.717, 1.165) is 10.6 Å². The number of carboxylic acids is 1. The number of thiophene rings is 1. The fraction of sp³-hybridized carbons (Fsp3) is 0.200. The minimum absolute atomic E-state index is 0.180. The molecular formula is C20H17N3O3S2. The number of carboxylic acid groups (broad SMARTS) is 1. The third-order valence-corrected chi connectivity index (χ3v) is 7.70. The van der Waals surface area contributed by atoms with Crippen molar-refractivity contribution in [3.05, 3.63) is 66.0 Å². The summed E-state index contributed by atoms with van der Waals surface area (Å²) in [7, 11) is 0. The lowest BCUT2D eigenvalue weighted by Gasteiger charge is -2.16. The van der Waals surface area contributed by atoms with Crippen LogP contribution in [0, 0.1) is 18.3 Å². The molecule has 2 N–H and O–H groups in total. The van der Waals surface area contributed by atoms with Gasteiger partial charge in [0.05, 0.1) is 23.1 Å². The fourth-order valence-corrected chi connectivity index (χ4v) is 5.91. The molecule has 4 rings (SSSR count). The third-order valence-electron chi connectivity index (χ3n) is 5.10. The van der Waals surface area contributed by atoms with Crippen LogP contribution >= 0.6 is 11.3 Å². The Bertz CT molecular complexity index is 1060. The standard InChI is InChI=1S/C20H17N3O3S2/c1-3-14-11-21-23(12-14)16-9-10-17(27-16)28(26)22-20(19(24)25)13(2)18(20)15-7-5-4-6-8-15/h1,4-13,18,22H,2H3,(H,24,25)/t13?,18-,20+,28?/m1/s1. The summed E-state index contributed by atoms with van der Waals surface area (Å²) in [5, 5.41) is 14.8. The van der Waals surface area contributed by atoms with E-state index in [1.165, 1.54) is 11.3 Å². The predicted molar refractivity (Wildman–Crippen MR) is 108 cm³/mol. The number of hydrogen-bond donors (Lipinski definition) is 2. The summed E-state index contributed by atoms with van der Waals surface area (Å²) in [5.41, 5.74) is 0.322. The number of aromatic nitrogens is 2. The lowest BCUT2D eigenvalue weighted by molar-refractivity contribution is -0.140. The molecule has 1 aromatic carbocycles. The summed E-state index contributed by atoms with van der Waals surface area (Å²) in [6, 6.07) is 12.9. The van der Waals surface area contributed by atoms with Crippen molar-refractivity contribution in [2.45, 2.75) is 22.6 Å². The van der Waals surface area contributed by atoms with E-state index in [2.05, 4.69) is 15.7 Å². The van der Waals surface area contributed by atoms with Gasteiger partial charge in [-0.3, -0.25) is 4.79 Å². The molecule has 0 bridgehead atoms. The monoisotopic (exact) mass is 411 g/mol. The second-order valence-electron chi connectivity index (χ2n) is 6.63. The maximum atomic E-state index is 12.9. The lowest BCUT2D eigenvalue weighted by atomic mass is 10.1. The largest absolute Gasteiger partial charge is 0.592 e. The van der Waals surface area contributed by atoms with Crippen LogP contribution in [0.2, 0.25) is 0 Å². The first-order chi connectivity index (χ1) is 13.5. The zero-order chi connectivity index (χ0) is 19.9. The zero-order valence-electron chi connectivity index (χ0n) is 14.9. The molecule has 2 heterocycles. The topological polar surface area (TPSA) is 90.2 Å². The molecule has 3 aromatic rings. The molecule has 0 amide bonds. The average Bonchev–Trinajstić information content (AvgIpc) is 3.12. The molecule has 1 aliphatic carbocycles. The molecule has 2 aromatic heterocycles. The number of benzene rings is 1. The maximum Gasteiger partial charge on any atom is 0.329 e. The number of rotatable bonds is 6. The summed E-state index contributed by atoms with van der Waals surface area (Å²) < 4.78 is 17.9. The average molecular weight is 412 g/mol. The zero-order valence-corrected chi connectivity index (χ0v) is 16.5. The van der Waals surface area contributed by atoms with Gasteiger partial charge in [-0.05, 0) is 17.5 Å². The quantitative estimate of drug-likeness (QED) is 0.481. The maximum absolute atomic E-state index is 12.9. The van der Waals surface area contributed by atoms with Gasteiger partial charge in [0, 0.05) is 18.2 Å². The summed E-state index contributed by atoms with van der Waals surface area (Å²) in [5.74, 6) is 1.09. The van der Waals surface area contributed by atoms with Crippen LogP contribution in [0.25, 0.3) is 5.00 Å². The van der Waals surface area contributed by atoms with Crippen molar-refractivity contribution in [3.63, 3.8) is 0 Å². The van der Waals surface area contributed by atoms with Crippen LogP contribution in [0.3, 0.4) is 0 Å². The Morgan fingerprint density at radius 1 is 1.39 bits per heavy atom. The number of aliphatic carboxylic acids is 1. The van der Waals surface area contributed by atoms with Crippen molar-refractivity contribution < 1.29 is 14.5 Å². The van der Waals surface area contributed by atoms with Gasteiger partial charge in [-0.25, -0.2) is 4.68 Å². The van der Waals surface area contributed by atoms with Crippen molar-refractivity contribution in [2.24, 2.45) is 5.92 Å². The van der Waals surface area contributed by atoms with E-state index < -0.39 is 22.9 Å². The lowest BCUT2D eigenvalue weighted by Crippen LogP contribution is -2.45. The minimum atomic E-state index is -1.67. The molecule has 0 saturated heterocycles. The minimum Gasteiger partial charge on any atom is -0.592 e. The summed E-state index contributed by atoms with van der Waals surface area (Å²) in [6.45, 7) is 1.86.